The van der Waals surface area contributed by atoms with E-state index in [1.165, 1.54) is 12.1 Å². The van der Waals surface area contributed by atoms with Crippen molar-refractivity contribution in [1.29, 1.82) is 0 Å². The fourth-order valence-electron chi connectivity index (χ4n) is 1.72. The van der Waals surface area contributed by atoms with Gasteiger partial charge in [0.05, 0.1) is 22.3 Å². The molecule has 1 heterocycles. The van der Waals surface area contributed by atoms with Crippen LogP contribution < -0.4 is 5.32 Å². The van der Waals surface area contributed by atoms with Gasteiger partial charge in [0.2, 0.25) is 0 Å². The summed E-state index contributed by atoms with van der Waals surface area (Å²) in [6.07, 6.45) is -3.79. The van der Waals surface area contributed by atoms with E-state index >= 15 is 0 Å². The number of aromatic carboxylic acids is 1. The van der Waals surface area contributed by atoms with Crippen LogP contribution in [0.1, 0.15) is 15.9 Å². The lowest BCUT2D eigenvalue weighted by molar-refractivity contribution is -0.137. The summed E-state index contributed by atoms with van der Waals surface area (Å²) in [4.78, 5) is 14.7. The maximum Gasteiger partial charge on any atom is 0.417 e. The van der Waals surface area contributed by atoms with Crippen molar-refractivity contribution in [2.45, 2.75) is 6.18 Å². The summed E-state index contributed by atoms with van der Waals surface area (Å²) in [6, 6.07) is 3.38. The van der Waals surface area contributed by atoms with Crippen LogP contribution in [-0.4, -0.2) is 23.1 Å². The molecule has 2 rings (SSSR count). The standard InChI is InChI=1S/C12H9F3N2O2/c1-16-9-4-7(11(18)19)2-6-3-8(12(13,14)15)5-17-10(6)9/h2-5,16H,1H3,(H,18,19). The maximum atomic E-state index is 12.6. The summed E-state index contributed by atoms with van der Waals surface area (Å²) in [5, 5.41) is 11.8. The van der Waals surface area contributed by atoms with Gasteiger partial charge in [-0.05, 0) is 18.2 Å². The molecule has 100 valence electrons. The molecule has 2 N–H and O–H groups in total. The highest BCUT2D eigenvalue weighted by Crippen LogP contribution is 2.32. The number of rotatable bonds is 2. The first-order chi connectivity index (χ1) is 8.82. The predicted molar refractivity (Wildman–Crippen MR) is 63.3 cm³/mol. The van der Waals surface area contributed by atoms with E-state index in [9.17, 15) is 18.0 Å². The van der Waals surface area contributed by atoms with E-state index in [4.69, 9.17) is 5.11 Å². The monoisotopic (exact) mass is 270 g/mol. The van der Waals surface area contributed by atoms with Crippen LogP contribution in [0.2, 0.25) is 0 Å². The maximum absolute atomic E-state index is 12.6. The van der Waals surface area contributed by atoms with Crippen LogP contribution in [0.5, 0.6) is 0 Å². The number of hydrogen-bond acceptors (Lipinski definition) is 3. The second-order valence-corrected chi connectivity index (χ2v) is 3.87. The number of hydrogen-bond donors (Lipinski definition) is 2. The second-order valence-electron chi connectivity index (χ2n) is 3.87. The molecule has 19 heavy (non-hydrogen) atoms. The Labute approximate surface area is 105 Å². The highest BCUT2D eigenvalue weighted by Gasteiger charge is 2.31. The molecule has 0 bridgehead atoms. The van der Waals surface area contributed by atoms with Gasteiger partial charge in [-0.15, -0.1) is 0 Å². The minimum atomic E-state index is -4.51. The van der Waals surface area contributed by atoms with Crippen molar-refractivity contribution in [3.8, 4) is 0 Å². The smallest absolute Gasteiger partial charge is 0.417 e. The molecule has 0 saturated carbocycles. The van der Waals surface area contributed by atoms with Crippen LogP contribution in [0.4, 0.5) is 18.9 Å². The molecule has 1 aromatic heterocycles. The molecule has 2 aromatic rings. The van der Waals surface area contributed by atoms with Crippen molar-refractivity contribution in [2.75, 3.05) is 12.4 Å². The Hall–Kier alpha value is -2.31. The van der Waals surface area contributed by atoms with Crippen molar-refractivity contribution in [1.82, 2.24) is 4.98 Å². The number of nitrogens with zero attached hydrogens (tertiary/aromatic N) is 1. The Morgan fingerprint density at radius 3 is 2.53 bits per heavy atom. The van der Waals surface area contributed by atoms with Crippen LogP contribution in [0, 0.1) is 0 Å². The van der Waals surface area contributed by atoms with Gasteiger partial charge in [-0.1, -0.05) is 0 Å². The van der Waals surface area contributed by atoms with E-state index in [0.717, 1.165) is 12.3 Å². The Balaban J connectivity index is 2.73. The molecule has 0 aliphatic heterocycles. The zero-order valence-corrected chi connectivity index (χ0v) is 9.75. The Bertz CT molecular complexity index is 653. The quantitative estimate of drug-likeness (QED) is 0.880. The molecule has 0 aliphatic carbocycles. The lowest BCUT2D eigenvalue weighted by atomic mass is 10.1. The summed E-state index contributed by atoms with van der Waals surface area (Å²) in [5.74, 6) is -1.21. The summed E-state index contributed by atoms with van der Waals surface area (Å²) in [7, 11) is 1.54. The molecular formula is C12H9F3N2O2. The molecule has 0 fully saturated rings. The largest absolute Gasteiger partial charge is 0.478 e. The fraction of sp³-hybridized carbons (Fsp3) is 0.167. The third-order valence-electron chi connectivity index (χ3n) is 2.63. The number of aromatic nitrogens is 1. The van der Waals surface area contributed by atoms with Crippen molar-refractivity contribution in [3.05, 3.63) is 35.5 Å². The van der Waals surface area contributed by atoms with Gasteiger partial charge < -0.3 is 10.4 Å². The van der Waals surface area contributed by atoms with E-state index in [0.29, 0.717) is 11.2 Å². The number of anilines is 1. The molecular weight excluding hydrogens is 261 g/mol. The predicted octanol–water partition coefficient (Wildman–Crippen LogP) is 2.99. The zero-order chi connectivity index (χ0) is 14.2. The number of fused-ring (bicyclic) bond motifs is 1. The van der Waals surface area contributed by atoms with Crippen LogP contribution >= 0.6 is 0 Å². The SMILES string of the molecule is CNc1cc(C(=O)O)cc2cc(C(F)(F)F)cnc12. The van der Waals surface area contributed by atoms with Gasteiger partial charge in [-0.25, -0.2) is 4.79 Å². The molecule has 0 unspecified atom stereocenters. The number of carboxylic acids is 1. The molecule has 0 aliphatic rings. The molecule has 0 spiro atoms. The molecule has 1 aromatic carbocycles. The van der Waals surface area contributed by atoms with Crippen molar-refractivity contribution < 1.29 is 23.1 Å². The van der Waals surface area contributed by atoms with E-state index in [1.54, 1.807) is 7.05 Å². The van der Waals surface area contributed by atoms with Crippen LogP contribution in [-0.2, 0) is 6.18 Å². The average molecular weight is 270 g/mol. The molecule has 0 saturated heterocycles. The Morgan fingerprint density at radius 2 is 2.00 bits per heavy atom. The highest BCUT2D eigenvalue weighted by molar-refractivity contribution is 5.99. The number of pyridine rings is 1. The number of carbonyl (C=O) groups is 1. The van der Waals surface area contributed by atoms with Gasteiger partial charge >= 0.3 is 12.1 Å². The topological polar surface area (TPSA) is 62.2 Å². The van der Waals surface area contributed by atoms with Crippen molar-refractivity contribution in [3.63, 3.8) is 0 Å². The van der Waals surface area contributed by atoms with E-state index in [1.807, 2.05) is 0 Å². The molecule has 4 nitrogen and oxygen atoms in total. The van der Waals surface area contributed by atoms with Gasteiger partial charge in [-0.3, -0.25) is 4.98 Å². The molecule has 7 heteroatoms. The summed E-state index contributed by atoms with van der Waals surface area (Å²) < 4.78 is 37.8. The minimum absolute atomic E-state index is 0.0991. The number of benzene rings is 1. The van der Waals surface area contributed by atoms with Gasteiger partial charge in [-0.2, -0.15) is 13.2 Å². The lowest BCUT2D eigenvalue weighted by Crippen LogP contribution is -2.06. The number of carboxylic acid groups (broad SMARTS) is 1. The van der Waals surface area contributed by atoms with Crippen LogP contribution in [0.25, 0.3) is 10.9 Å². The first-order valence-electron chi connectivity index (χ1n) is 5.25. The second kappa shape index (κ2) is 4.42. The molecule has 0 radical (unpaired) electrons. The van der Waals surface area contributed by atoms with Gasteiger partial charge in [0, 0.05) is 18.6 Å². The summed E-state index contributed by atoms with van der Waals surface area (Å²) in [6.45, 7) is 0. The Kier molecular flexibility index (Phi) is 3.05. The number of nitrogens with one attached hydrogen (secondary N) is 1. The summed E-state index contributed by atoms with van der Waals surface area (Å²) in [5.41, 5.74) is -0.355. The van der Waals surface area contributed by atoms with Gasteiger partial charge in [0.1, 0.15) is 0 Å². The molecule has 0 atom stereocenters. The third kappa shape index (κ3) is 2.44. The average Bonchev–Trinajstić information content (AvgIpc) is 2.35. The van der Waals surface area contributed by atoms with E-state index in [2.05, 4.69) is 10.3 Å². The summed E-state index contributed by atoms with van der Waals surface area (Å²) >= 11 is 0. The zero-order valence-electron chi connectivity index (χ0n) is 9.75. The van der Waals surface area contributed by atoms with E-state index < -0.39 is 17.7 Å². The number of halogens is 3. The van der Waals surface area contributed by atoms with E-state index in [-0.39, 0.29) is 10.9 Å². The van der Waals surface area contributed by atoms with Gasteiger partial charge in [0.25, 0.3) is 0 Å². The first-order valence-corrected chi connectivity index (χ1v) is 5.25. The minimum Gasteiger partial charge on any atom is -0.478 e. The molecule has 0 amide bonds. The Morgan fingerprint density at radius 1 is 1.32 bits per heavy atom. The van der Waals surface area contributed by atoms with Crippen molar-refractivity contribution in [2.24, 2.45) is 0 Å². The third-order valence-corrected chi connectivity index (χ3v) is 2.63. The highest BCUT2D eigenvalue weighted by atomic mass is 19.4. The van der Waals surface area contributed by atoms with Gasteiger partial charge in [0.15, 0.2) is 0 Å². The van der Waals surface area contributed by atoms with Crippen LogP contribution in [0.15, 0.2) is 24.4 Å². The fourth-order valence-corrected chi connectivity index (χ4v) is 1.72. The van der Waals surface area contributed by atoms with Crippen LogP contribution in [0.3, 0.4) is 0 Å². The van der Waals surface area contributed by atoms with Crippen molar-refractivity contribution >= 4 is 22.6 Å². The lowest BCUT2D eigenvalue weighted by Gasteiger charge is -2.10. The normalized spacial score (nSPS) is 11.6. The first kappa shape index (κ1) is 13.1. The number of alkyl halides is 3.